The van der Waals surface area contributed by atoms with Crippen molar-refractivity contribution in [1.82, 2.24) is 0 Å². The number of rotatable bonds is 11. The van der Waals surface area contributed by atoms with E-state index in [4.69, 9.17) is 5.14 Å². The van der Waals surface area contributed by atoms with Gasteiger partial charge < -0.3 is 5.11 Å². The van der Waals surface area contributed by atoms with Crippen LogP contribution in [0.4, 0.5) is 0 Å². The van der Waals surface area contributed by atoms with E-state index < -0.39 is 15.4 Å². The summed E-state index contributed by atoms with van der Waals surface area (Å²) in [6, 6.07) is 27.0. The Hall–Kier alpha value is -2.80. The number of nitrogens with two attached hydrogens (primary N) is 1. The van der Waals surface area contributed by atoms with Gasteiger partial charge in [-0.05, 0) is 42.4 Å². The predicted molar refractivity (Wildman–Crippen MR) is 128 cm³/mol. The molecule has 1 unspecified atom stereocenters. The second-order valence-electron chi connectivity index (χ2n) is 8.17. The Balaban J connectivity index is 1.85. The van der Waals surface area contributed by atoms with Gasteiger partial charge in [-0.2, -0.15) is 0 Å². The van der Waals surface area contributed by atoms with Gasteiger partial charge in [0.25, 0.3) is 0 Å². The maximum absolute atomic E-state index is 13.6. The van der Waals surface area contributed by atoms with E-state index in [1.54, 1.807) is 12.1 Å². The number of carbonyl (C=O) groups excluding carboxylic acids is 1. The number of sulfonamides is 1. The fraction of sp³-hybridized carbons (Fsp3) is 0.269. The minimum absolute atomic E-state index is 0.176. The number of aliphatic hydroxyl groups excluding tert-OH is 1. The van der Waals surface area contributed by atoms with Gasteiger partial charge >= 0.3 is 0 Å². The lowest BCUT2D eigenvalue weighted by atomic mass is 9.73. The van der Waals surface area contributed by atoms with Crippen molar-refractivity contribution < 1.29 is 18.3 Å². The molecule has 3 aromatic carbocycles. The topological polar surface area (TPSA) is 97.5 Å². The first kappa shape index (κ1) is 23.9. The number of aryl methyl sites for hydroxylation is 1. The zero-order valence-electron chi connectivity index (χ0n) is 18.0. The quantitative estimate of drug-likeness (QED) is 0.427. The van der Waals surface area contributed by atoms with Gasteiger partial charge in [0, 0.05) is 5.56 Å². The molecule has 0 aliphatic carbocycles. The average molecular weight is 452 g/mol. The second-order valence-corrected chi connectivity index (χ2v) is 9.90. The summed E-state index contributed by atoms with van der Waals surface area (Å²) in [5.74, 6) is -0.398. The lowest BCUT2D eigenvalue weighted by molar-refractivity contribution is 0.0582. The number of benzene rings is 3. The zero-order chi connectivity index (χ0) is 23.0. The van der Waals surface area contributed by atoms with Crippen molar-refractivity contribution >= 4 is 15.8 Å². The van der Waals surface area contributed by atoms with E-state index in [9.17, 15) is 18.3 Å². The fourth-order valence-electron chi connectivity index (χ4n) is 3.97. The maximum Gasteiger partial charge on any atom is 0.209 e. The highest BCUT2D eigenvalue weighted by Crippen LogP contribution is 2.34. The van der Waals surface area contributed by atoms with Crippen molar-refractivity contribution in [3.63, 3.8) is 0 Å². The molecule has 5 nitrogen and oxygen atoms in total. The number of Topliss-reactive ketones (excluding diaryl/α,β-unsaturated/α-hetero) is 1. The first-order valence-corrected chi connectivity index (χ1v) is 12.4. The first-order chi connectivity index (χ1) is 15.3. The van der Waals surface area contributed by atoms with E-state index in [1.807, 2.05) is 72.8 Å². The SMILES string of the molecule is NS(=O)(=O)CCCC(CO)(CCc1ccccc1)C(=O)c1ccc(-c2ccccc2)cc1. The van der Waals surface area contributed by atoms with E-state index in [-0.39, 0.29) is 31.0 Å². The summed E-state index contributed by atoms with van der Waals surface area (Å²) in [7, 11) is -3.64. The number of primary sulfonamides is 1. The zero-order valence-corrected chi connectivity index (χ0v) is 18.8. The summed E-state index contributed by atoms with van der Waals surface area (Å²) in [6.07, 6.45) is 1.47. The molecule has 3 aromatic rings. The molecule has 0 radical (unpaired) electrons. The highest BCUT2D eigenvalue weighted by Gasteiger charge is 2.37. The molecule has 0 aromatic heterocycles. The Kier molecular flexibility index (Phi) is 7.96. The van der Waals surface area contributed by atoms with Gasteiger partial charge in [-0.15, -0.1) is 0 Å². The van der Waals surface area contributed by atoms with Gasteiger partial charge in [0.15, 0.2) is 5.78 Å². The fourth-order valence-corrected chi connectivity index (χ4v) is 4.52. The van der Waals surface area contributed by atoms with Crippen molar-refractivity contribution in [1.29, 1.82) is 0 Å². The number of aliphatic hydroxyl groups is 1. The summed E-state index contributed by atoms with van der Waals surface area (Å²) >= 11 is 0. The Morgan fingerprint density at radius 2 is 1.38 bits per heavy atom. The molecule has 0 fully saturated rings. The molecule has 0 heterocycles. The molecule has 0 aliphatic rings. The molecule has 6 heteroatoms. The Labute approximate surface area is 190 Å². The third-order valence-electron chi connectivity index (χ3n) is 5.86. The van der Waals surface area contributed by atoms with Crippen LogP contribution in [0.2, 0.25) is 0 Å². The van der Waals surface area contributed by atoms with Crippen molar-refractivity contribution in [3.8, 4) is 11.1 Å². The van der Waals surface area contributed by atoms with Gasteiger partial charge in [0.05, 0.1) is 17.8 Å². The Morgan fingerprint density at radius 1 is 0.812 bits per heavy atom. The van der Waals surface area contributed by atoms with Crippen molar-refractivity contribution in [2.24, 2.45) is 10.6 Å². The third kappa shape index (κ3) is 6.36. The molecule has 0 amide bonds. The molecule has 168 valence electrons. The molecule has 0 spiro atoms. The van der Waals surface area contributed by atoms with Gasteiger partial charge in [0.1, 0.15) is 0 Å². The standard InChI is InChI=1S/C26H29NO4S/c27-32(30,31)19-7-17-26(20-28,18-16-21-8-3-1-4-9-21)25(29)24-14-12-23(13-15-24)22-10-5-2-6-11-22/h1-6,8-15,28H,7,16-20H2,(H2,27,30,31). The van der Waals surface area contributed by atoms with Crippen LogP contribution in [0.3, 0.4) is 0 Å². The van der Waals surface area contributed by atoms with Gasteiger partial charge in [-0.25, -0.2) is 13.6 Å². The lowest BCUT2D eigenvalue weighted by Crippen LogP contribution is -2.36. The average Bonchev–Trinajstić information content (AvgIpc) is 2.81. The summed E-state index contributed by atoms with van der Waals surface area (Å²) in [6.45, 7) is -0.357. The Bertz CT molecular complexity index is 1110. The van der Waals surface area contributed by atoms with Gasteiger partial charge in [-0.1, -0.05) is 84.9 Å². The molecule has 0 aliphatic heterocycles. The van der Waals surface area contributed by atoms with E-state index in [0.29, 0.717) is 18.4 Å². The van der Waals surface area contributed by atoms with Crippen LogP contribution in [0.1, 0.15) is 35.2 Å². The summed E-state index contributed by atoms with van der Waals surface area (Å²) in [5.41, 5.74) is 2.54. The summed E-state index contributed by atoms with van der Waals surface area (Å²) < 4.78 is 22.9. The van der Waals surface area contributed by atoms with Crippen molar-refractivity contribution in [3.05, 3.63) is 96.1 Å². The van der Waals surface area contributed by atoms with Gasteiger partial charge in [0.2, 0.25) is 10.0 Å². The highest BCUT2D eigenvalue weighted by molar-refractivity contribution is 7.89. The number of carbonyl (C=O) groups is 1. The molecular weight excluding hydrogens is 422 g/mol. The monoisotopic (exact) mass is 451 g/mol. The molecule has 0 bridgehead atoms. The van der Waals surface area contributed by atoms with Crippen molar-refractivity contribution in [2.45, 2.75) is 25.7 Å². The summed E-state index contributed by atoms with van der Waals surface area (Å²) in [4.78, 5) is 13.6. The molecule has 1 atom stereocenters. The Morgan fingerprint density at radius 3 is 1.94 bits per heavy atom. The summed E-state index contributed by atoms with van der Waals surface area (Å²) in [5, 5.41) is 15.5. The normalized spacial score (nSPS) is 13.4. The van der Waals surface area contributed by atoms with Crippen LogP contribution in [-0.4, -0.2) is 31.7 Å². The van der Waals surface area contributed by atoms with Crippen LogP contribution in [0.5, 0.6) is 0 Å². The maximum atomic E-state index is 13.6. The van der Waals surface area contributed by atoms with Crippen LogP contribution in [0, 0.1) is 5.41 Å². The van der Waals surface area contributed by atoms with E-state index >= 15 is 0 Å². The lowest BCUT2D eigenvalue weighted by Gasteiger charge is -2.31. The van der Waals surface area contributed by atoms with Crippen LogP contribution in [0.25, 0.3) is 11.1 Å². The number of ketones is 1. The van der Waals surface area contributed by atoms with Crippen LogP contribution < -0.4 is 5.14 Å². The predicted octanol–water partition coefficient (Wildman–Crippen LogP) is 4.22. The molecular formula is C26H29NO4S. The first-order valence-electron chi connectivity index (χ1n) is 10.7. The third-order valence-corrected chi connectivity index (χ3v) is 6.72. The number of hydrogen-bond acceptors (Lipinski definition) is 4. The molecule has 0 saturated carbocycles. The van der Waals surface area contributed by atoms with E-state index in [1.165, 1.54) is 0 Å². The van der Waals surface area contributed by atoms with Crippen molar-refractivity contribution in [2.75, 3.05) is 12.4 Å². The minimum Gasteiger partial charge on any atom is -0.395 e. The molecule has 3 rings (SSSR count). The second kappa shape index (κ2) is 10.7. The molecule has 0 saturated heterocycles. The van der Waals surface area contributed by atoms with E-state index in [0.717, 1.165) is 16.7 Å². The van der Waals surface area contributed by atoms with Crippen LogP contribution in [0.15, 0.2) is 84.9 Å². The van der Waals surface area contributed by atoms with Crippen LogP contribution >= 0.6 is 0 Å². The smallest absolute Gasteiger partial charge is 0.209 e. The number of hydrogen-bond donors (Lipinski definition) is 2. The minimum atomic E-state index is -3.64. The van der Waals surface area contributed by atoms with Crippen LogP contribution in [-0.2, 0) is 16.4 Å². The van der Waals surface area contributed by atoms with Gasteiger partial charge in [-0.3, -0.25) is 4.79 Å². The molecule has 3 N–H and O–H groups in total. The molecule has 32 heavy (non-hydrogen) atoms. The highest BCUT2D eigenvalue weighted by atomic mass is 32.2. The van der Waals surface area contributed by atoms with E-state index in [2.05, 4.69) is 0 Å². The largest absolute Gasteiger partial charge is 0.395 e.